The Morgan fingerprint density at radius 1 is 1.52 bits per heavy atom. The Balaban J connectivity index is 2.13. The van der Waals surface area contributed by atoms with E-state index in [1.54, 1.807) is 6.92 Å². The Labute approximate surface area is 129 Å². The van der Waals surface area contributed by atoms with Crippen LogP contribution in [0.4, 0.5) is 4.39 Å². The van der Waals surface area contributed by atoms with E-state index in [9.17, 15) is 4.39 Å². The second-order valence-electron chi connectivity index (χ2n) is 6.16. The SMILES string of the molecule is Cc1cc2c(cc1F)nc(C(C)Cl)n2CC1(C)CCCO1. The van der Waals surface area contributed by atoms with Gasteiger partial charge in [-0.15, -0.1) is 11.6 Å². The van der Waals surface area contributed by atoms with Gasteiger partial charge in [0.1, 0.15) is 11.6 Å². The zero-order valence-electron chi connectivity index (χ0n) is 12.6. The molecule has 1 aromatic carbocycles. The molecule has 2 unspecified atom stereocenters. The number of aromatic nitrogens is 2. The third-order valence-corrected chi connectivity index (χ3v) is 4.40. The van der Waals surface area contributed by atoms with Gasteiger partial charge in [-0.3, -0.25) is 0 Å². The van der Waals surface area contributed by atoms with E-state index in [4.69, 9.17) is 16.3 Å². The van der Waals surface area contributed by atoms with Crippen molar-refractivity contribution in [3.63, 3.8) is 0 Å². The van der Waals surface area contributed by atoms with Crippen molar-refractivity contribution in [2.45, 2.75) is 51.1 Å². The van der Waals surface area contributed by atoms with Gasteiger partial charge in [-0.05, 0) is 45.2 Å². The Hall–Kier alpha value is -1.13. The molecule has 0 bridgehead atoms. The molecule has 0 saturated carbocycles. The molecule has 2 atom stereocenters. The second-order valence-corrected chi connectivity index (χ2v) is 6.82. The highest BCUT2D eigenvalue weighted by Crippen LogP contribution is 2.32. The predicted octanol–water partition coefficient (Wildman–Crippen LogP) is 4.35. The maximum Gasteiger partial charge on any atom is 0.128 e. The third kappa shape index (κ3) is 2.67. The molecule has 1 saturated heterocycles. The summed E-state index contributed by atoms with van der Waals surface area (Å²) in [6.07, 6.45) is 2.09. The van der Waals surface area contributed by atoms with E-state index >= 15 is 0 Å². The van der Waals surface area contributed by atoms with Gasteiger partial charge in [0.25, 0.3) is 0 Å². The summed E-state index contributed by atoms with van der Waals surface area (Å²) in [7, 11) is 0. The normalized spacial score (nSPS) is 23.9. The minimum Gasteiger partial charge on any atom is -0.373 e. The first-order chi connectivity index (χ1) is 9.89. The number of alkyl halides is 1. The summed E-state index contributed by atoms with van der Waals surface area (Å²) in [5, 5.41) is -0.231. The van der Waals surface area contributed by atoms with Gasteiger partial charge in [0.2, 0.25) is 0 Å². The fraction of sp³-hybridized carbons (Fsp3) is 0.562. The molecule has 1 aliphatic rings. The molecule has 21 heavy (non-hydrogen) atoms. The first-order valence-electron chi connectivity index (χ1n) is 7.34. The number of benzene rings is 1. The van der Waals surface area contributed by atoms with Gasteiger partial charge in [0.05, 0.1) is 28.6 Å². The third-order valence-electron chi connectivity index (χ3n) is 4.21. The molecule has 1 fully saturated rings. The number of imidazole rings is 1. The lowest BCUT2D eigenvalue weighted by Gasteiger charge is -2.25. The molecule has 0 amide bonds. The largest absolute Gasteiger partial charge is 0.373 e. The summed E-state index contributed by atoms with van der Waals surface area (Å²) in [4.78, 5) is 4.52. The first kappa shape index (κ1) is 14.8. The van der Waals surface area contributed by atoms with Gasteiger partial charge in [0, 0.05) is 12.7 Å². The molecule has 1 aliphatic heterocycles. The summed E-state index contributed by atoms with van der Waals surface area (Å²) in [6.45, 7) is 7.26. The Morgan fingerprint density at radius 3 is 2.90 bits per heavy atom. The van der Waals surface area contributed by atoms with Crippen LogP contribution >= 0.6 is 11.6 Å². The number of rotatable bonds is 3. The van der Waals surface area contributed by atoms with Crippen LogP contribution in [0.5, 0.6) is 0 Å². The Bertz CT molecular complexity index is 674. The van der Waals surface area contributed by atoms with Crippen molar-refractivity contribution in [3.05, 3.63) is 29.3 Å². The van der Waals surface area contributed by atoms with E-state index in [0.717, 1.165) is 30.8 Å². The first-order valence-corrected chi connectivity index (χ1v) is 7.77. The van der Waals surface area contributed by atoms with Crippen LogP contribution in [-0.4, -0.2) is 21.8 Å². The van der Waals surface area contributed by atoms with Gasteiger partial charge in [0.15, 0.2) is 0 Å². The van der Waals surface area contributed by atoms with Crippen molar-refractivity contribution in [1.29, 1.82) is 0 Å². The number of nitrogens with zero attached hydrogens (tertiary/aromatic N) is 2. The van der Waals surface area contributed by atoms with Crippen LogP contribution in [0.15, 0.2) is 12.1 Å². The highest BCUT2D eigenvalue weighted by molar-refractivity contribution is 6.20. The van der Waals surface area contributed by atoms with E-state index in [0.29, 0.717) is 17.6 Å². The van der Waals surface area contributed by atoms with Crippen LogP contribution in [0.25, 0.3) is 11.0 Å². The lowest BCUT2D eigenvalue weighted by atomic mass is 10.0. The number of aryl methyl sites for hydroxylation is 1. The predicted molar refractivity (Wildman–Crippen MR) is 82.3 cm³/mol. The van der Waals surface area contributed by atoms with Gasteiger partial charge < -0.3 is 9.30 Å². The van der Waals surface area contributed by atoms with Gasteiger partial charge in [-0.1, -0.05) is 0 Å². The Morgan fingerprint density at radius 2 is 2.29 bits per heavy atom. The van der Waals surface area contributed by atoms with Crippen LogP contribution in [0.2, 0.25) is 0 Å². The molecule has 1 aromatic heterocycles. The molecule has 2 aromatic rings. The van der Waals surface area contributed by atoms with Crippen LogP contribution in [0, 0.1) is 12.7 Å². The standard InChI is InChI=1S/C16H20ClFN2O/c1-10-7-14-13(8-12(10)18)19-15(11(2)17)20(14)9-16(3)5-4-6-21-16/h7-8,11H,4-6,9H2,1-3H3. The molecular formula is C16H20ClFN2O. The van der Waals surface area contributed by atoms with E-state index in [2.05, 4.69) is 16.5 Å². The van der Waals surface area contributed by atoms with Gasteiger partial charge >= 0.3 is 0 Å². The smallest absolute Gasteiger partial charge is 0.128 e. The van der Waals surface area contributed by atoms with Crippen LogP contribution in [0.3, 0.4) is 0 Å². The van der Waals surface area contributed by atoms with Gasteiger partial charge in [-0.2, -0.15) is 0 Å². The maximum atomic E-state index is 13.8. The topological polar surface area (TPSA) is 27.1 Å². The lowest BCUT2D eigenvalue weighted by molar-refractivity contribution is 0.00649. The fourth-order valence-electron chi connectivity index (χ4n) is 3.03. The van der Waals surface area contributed by atoms with Crippen LogP contribution in [0.1, 0.15) is 43.5 Å². The average Bonchev–Trinajstić information content (AvgIpc) is 2.97. The summed E-state index contributed by atoms with van der Waals surface area (Å²) in [5.74, 6) is 0.539. The summed E-state index contributed by atoms with van der Waals surface area (Å²) >= 11 is 6.27. The van der Waals surface area contributed by atoms with Crippen LogP contribution < -0.4 is 0 Å². The molecule has 0 N–H and O–H groups in total. The molecule has 5 heteroatoms. The summed E-state index contributed by atoms with van der Waals surface area (Å²) in [5.41, 5.74) is 2.00. The molecular weight excluding hydrogens is 291 g/mol. The zero-order chi connectivity index (χ0) is 15.2. The monoisotopic (exact) mass is 310 g/mol. The van der Waals surface area contributed by atoms with Crippen molar-refractivity contribution in [2.75, 3.05) is 6.61 Å². The van der Waals surface area contributed by atoms with Crippen LogP contribution in [-0.2, 0) is 11.3 Å². The number of fused-ring (bicyclic) bond motifs is 1. The van der Waals surface area contributed by atoms with E-state index in [1.165, 1.54) is 6.07 Å². The quantitative estimate of drug-likeness (QED) is 0.788. The highest BCUT2D eigenvalue weighted by Gasteiger charge is 2.32. The van der Waals surface area contributed by atoms with E-state index in [1.807, 2.05) is 13.0 Å². The minimum absolute atomic E-state index is 0.198. The van der Waals surface area contributed by atoms with Crippen molar-refractivity contribution in [1.82, 2.24) is 9.55 Å². The average molecular weight is 311 g/mol. The van der Waals surface area contributed by atoms with E-state index in [-0.39, 0.29) is 16.8 Å². The number of ether oxygens (including phenoxy) is 1. The van der Waals surface area contributed by atoms with Crippen molar-refractivity contribution in [3.8, 4) is 0 Å². The lowest BCUT2D eigenvalue weighted by Crippen LogP contribution is -2.30. The molecule has 0 aliphatic carbocycles. The summed E-state index contributed by atoms with van der Waals surface area (Å²) < 4.78 is 21.7. The second kappa shape index (κ2) is 5.25. The fourth-order valence-corrected chi connectivity index (χ4v) is 3.20. The molecule has 0 spiro atoms. The summed E-state index contributed by atoms with van der Waals surface area (Å²) in [6, 6.07) is 3.33. The number of hydrogen-bond donors (Lipinski definition) is 0. The molecule has 3 rings (SSSR count). The molecule has 2 heterocycles. The van der Waals surface area contributed by atoms with E-state index < -0.39 is 0 Å². The number of halogens is 2. The zero-order valence-corrected chi connectivity index (χ0v) is 13.4. The molecule has 3 nitrogen and oxygen atoms in total. The number of hydrogen-bond acceptors (Lipinski definition) is 2. The highest BCUT2D eigenvalue weighted by atomic mass is 35.5. The van der Waals surface area contributed by atoms with Crippen molar-refractivity contribution in [2.24, 2.45) is 0 Å². The molecule has 0 radical (unpaired) electrons. The molecule has 114 valence electrons. The van der Waals surface area contributed by atoms with Crippen molar-refractivity contribution >= 4 is 22.6 Å². The minimum atomic E-state index is -0.232. The maximum absolute atomic E-state index is 13.8. The van der Waals surface area contributed by atoms with Crippen molar-refractivity contribution < 1.29 is 9.13 Å². The Kier molecular flexibility index (Phi) is 3.70. The van der Waals surface area contributed by atoms with Gasteiger partial charge in [-0.25, -0.2) is 9.37 Å².